The molecule has 1 aliphatic rings. The Balaban J connectivity index is 1.88. The molecule has 0 unspecified atom stereocenters. The Morgan fingerprint density at radius 3 is 2.59 bits per heavy atom. The van der Waals surface area contributed by atoms with Gasteiger partial charge in [0.1, 0.15) is 0 Å². The van der Waals surface area contributed by atoms with Gasteiger partial charge in [0.2, 0.25) is 5.91 Å². The van der Waals surface area contributed by atoms with E-state index in [9.17, 15) is 9.59 Å². The van der Waals surface area contributed by atoms with Crippen LogP contribution >= 0.6 is 0 Å². The first-order valence-electron chi connectivity index (χ1n) is 10.5. The minimum absolute atomic E-state index is 0.0271. The summed E-state index contributed by atoms with van der Waals surface area (Å²) in [5.74, 6) is 0.247. The van der Waals surface area contributed by atoms with Crippen molar-refractivity contribution in [2.45, 2.75) is 46.6 Å². The zero-order chi connectivity index (χ0) is 20.8. The number of benzene rings is 2. The molecule has 0 saturated carbocycles. The van der Waals surface area contributed by atoms with E-state index in [1.54, 1.807) is 6.07 Å². The van der Waals surface area contributed by atoms with Crippen LogP contribution in [0.3, 0.4) is 0 Å². The van der Waals surface area contributed by atoms with Gasteiger partial charge >= 0.3 is 0 Å². The lowest BCUT2D eigenvalue weighted by atomic mass is 9.98. The number of carbonyl (C=O) groups excluding carboxylic acids is 2. The molecule has 0 bridgehead atoms. The fraction of sp³-hybridized carbons (Fsp3) is 0.417. The Kier molecular flexibility index (Phi) is 6.91. The van der Waals surface area contributed by atoms with Crippen molar-refractivity contribution in [2.24, 2.45) is 5.92 Å². The molecule has 0 saturated heterocycles. The van der Waals surface area contributed by atoms with Crippen molar-refractivity contribution in [1.29, 1.82) is 0 Å². The summed E-state index contributed by atoms with van der Waals surface area (Å²) in [5, 5.41) is 5.94. The smallest absolute Gasteiger partial charge is 0.253 e. The first-order valence-corrected chi connectivity index (χ1v) is 10.5. The highest BCUT2D eigenvalue weighted by Crippen LogP contribution is 2.29. The molecule has 0 spiro atoms. The van der Waals surface area contributed by atoms with Crippen LogP contribution in [0, 0.1) is 5.92 Å². The maximum atomic E-state index is 13.0. The van der Waals surface area contributed by atoms with Gasteiger partial charge in [0.05, 0.1) is 5.56 Å². The third-order valence-corrected chi connectivity index (χ3v) is 5.14. The van der Waals surface area contributed by atoms with Gasteiger partial charge in [0.15, 0.2) is 0 Å². The van der Waals surface area contributed by atoms with Gasteiger partial charge in [0.25, 0.3) is 5.91 Å². The topological polar surface area (TPSA) is 61.4 Å². The van der Waals surface area contributed by atoms with E-state index in [-0.39, 0.29) is 11.8 Å². The molecule has 1 aliphatic heterocycles. The zero-order valence-corrected chi connectivity index (χ0v) is 17.6. The van der Waals surface area contributed by atoms with E-state index < -0.39 is 0 Å². The van der Waals surface area contributed by atoms with E-state index in [0.717, 1.165) is 31.6 Å². The van der Waals surface area contributed by atoms with E-state index >= 15 is 0 Å². The highest BCUT2D eigenvalue weighted by atomic mass is 16.2. The summed E-state index contributed by atoms with van der Waals surface area (Å²) < 4.78 is 0. The molecule has 2 aromatic carbocycles. The number of carbonyl (C=O) groups is 2. The summed E-state index contributed by atoms with van der Waals surface area (Å²) in [6.45, 7) is 8.38. The van der Waals surface area contributed by atoms with Crippen LogP contribution in [0.1, 0.15) is 55.1 Å². The van der Waals surface area contributed by atoms with Gasteiger partial charge in [0, 0.05) is 37.4 Å². The standard InChI is InChI=1S/C24H31N3O2/c1-4-7-23(28)26-20-10-11-22(21(14-20)24(29)25-15-17(2)3)27-13-12-18-8-5-6-9-19(18)16-27/h5-6,8-11,14,17H,4,7,12-13,15-16H2,1-3H3,(H,25,29)(H,26,28). The number of anilines is 2. The summed E-state index contributed by atoms with van der Waals surface area (Å²) >= 11 is 0. The summed E-state index contributed by atoms with van der Waals surface area (Å²) in [7, 11) is 0. The molecule has 5 nitrogen and oxygen atoms in total. The van der Waals surface area contributed by atoms with Crippen LogP contribution in [0.15, 0.2) is 42.5 Å². The summed E-state index contributed by atoms with van der Waals surface area (Å²) in [4.78, 5) is 27.2. The predicted octanol–water partition coefficient (Wildman–Crippen LogP) is 4.37. The Morgan fingerprint density at radius 1 is 1.10 bits per heavy atom. The molecule has 1 heterocycles. The fourth-order valence-electron chi connectivity index (χ4n) is 3.62. The van der Waals surface area contributed by atoms with Crippen LogP contribution in [0.4, 0.5) is 11.4 Å². The molecule has 0 fully saturated rings. The molecule has 2 N–H and O–H groups in total. The van der Waals surface area contributed by atoms with Crippen molar-refractivity contribution in [3.8, 4) is 0 Å². The number of hydrogen-bond acceptors (Lipinski definition) is 3. The molecule has 5 heteroatoms. The molecule has 0 aromatic heterocycles. The lowest BCUT2D eigenvalue weighted by molar-refractivity contribution is -0.116. The van der Waals surface area contributed by atoms with Crippen molar-refractivity contribution in [2.75, 3.05) is 23.3 Å². The lowest BCUT2D eigenvalue weighted by Gasteiger charge is -2.32. The summed E-state index contributed by atoms with van der Waals surface area (Å²) in [6.07, 6.45) is 2.22. The van der Waals surface area contributed by atoms with Gasteiger partial charge in [-0.05, 0) is 48.1 Å². The van der Waals surface area contributed by atoms with E-state index in [1.807, 2.05) is 19.1 Å². The van der Waals surface area contributed by atoms with Crippen LogP contribution in [0.5, 0.6) is 0 Å². The molecule has 3 rings (SSSR count). The summed E-state index contributed by atoms with van der Waals surface area (Å²) in [6, 6.07) is 14.1. The van der Waals surface area contributed by atoms with Gasteiger partial charge in [-0.3, -0.25) is 9.59 Å². The number of fused-ring (bicyclic) bond motifs is 1. The average molecular weight is 394 g/mol. The molecule has 0 radical (unpaired) electrons. The molecule has 154 valence electrons. The van der Waals surface area contributed by atoms with Crippen LogP contribution in [0.2, 0.25) is 0 Å². The molecule has 0 aliphatic carbocycles. The van der Waals surface area contributed by atoms with Gasteiger partial charge in [-0.2, -0.15) is 0 Å². The second-order valence-corrected chi connectivity index (χ2v) is 8.07. The van der Waals surface area contributed by atoms with Crippen molar-refractivity contribution in [1.82, 2.24) is 5.32 Å². The Hall–Kier alpha value is -2.82. The first kappa shape index (κ1) is 20.9. The fourth-order valence-corrected chi connectivity index (χ4v) is 3.62. The van der Waals surface area contributed by atoms with Crippen molar-refractivity contribution in [3.05, 3.63) is 59.2 Å². The van der Waals surface area contributed by atoms with Crippen molar-refractivity contribution < 1.29 is 9.59 Å². The summed E-state index contributed by atoms with van der Waals surface area (Å²) in [5.41, 5.74) is 4.86. The van der Waals surface area contributed by atoms with Gasteiger partial charge in [-0.1, -0.05) is 45.0 Å². The van der Waals surface area contributed by atoms with Gasteiger partial charge in [-0.15, -0.1) is 0 Å². The third-order valence-electron chi connectivity index (χ3n) is 5.14. The monoisotopic (exact) mass is 393 g/mol. The van der Waals surface area contributed by atoms with Gasteiger partial charge in [-0.25, -0.2) is 0 Å². The molecular weight excluding hydrogens is 362 g/mol. The maximum Gasteiger partial charge on any atom is 0.253 e. The number of amides is 2. The second kappa shape index (κ2) is 9.59. The Bertz CT molecular complexity index is 876. The van der Waals surface area contributed by atoms with Crippen molar-refractivity contribution in [3.63, 3.8) is 0 Å². The first-order chi connectivity index (χ1) is 14.0. The van der Waals surface area contributed by atoms with Crippen LogP contribution in [-0.2, 0) is 17.8 Å². The molecular formula is C24H31N3O2. The third kappa shape index (κ3) is 5.37. The van der Waals surface area contributed by atoms with Crippen LogP contribution < -0.4 is 15.5 Å². The normalized spacial score (nSPS) is 13.2. The predicted molar refractivity (Wildman–Crippen MR) is 118 cm³/mol. The van der Waals surface area contributed by atoms with Crippen LogP contribution in [-0.4, -0.2) is 24.9 Å². The molecule has 2 amide bonds. The van der Waals surface area contributed by atoms with Gasteiger partial charge < -0.3 is 15.5 Å². The molecule has 0 atom stereocenters. The van der Waals surface area contributed by atoms with E-state index in [0.29, 0.717) is 30.1 Å². The number of nitrogens with one attached hydrogen (secondary N) is 2. The number of nitrogens with zero attached hydrogens (tertiary/aromatic N) is 1. The Morgan fingerprint density at radius 2 is 1.86 bits per heavy atom. The van der Waals surface area contributed by atoms with E-state index in [4.69, 9.17) is 0 Å². The zero-order valence-electron chi connectivity index (χ0n) is 17.6. The minimum atomic E-state index is -0.0980. The lowest BCUT2D eigenvalue weighted by Crippen LogP contribution is -2.34. The van der Waals surface area contributed by atoms with Crippen LogP contribution in [0.25, 0.3) is 0 Å². The highest BCUT2D eigenvalue weighted by molar-refractivity contribution is 6.02. The molecule has 29 heavy (non-hydrogen) atoms. The minimum Gasteiger partial charge on any atom is -0.366 e. The average Bonchev–Trinajstić information content (AvgIpc) is 2.71. The van der Waals surface area contributed by atoms with Crippen molar-refractivity contribution >= 4 is 23.2 Å². The highest BCUT2D eigenvalue weighted by Gasteiger charge is 2.22. The largest absolute Gasteiger partial charge is 0.366 e. The number of rotatable bonds is 7. The van der Waals surface area contributed by atoms with E-state index in [1.165, 1.54) is 11.1 Å². The quantitative estimate of drug-likeness (QED) is 0.734. The second-order valence-electron chi connectivity index (χ2n) is 8.07. The number of hydrogen-bond donors (Lipinski definition) is 2. The maximum absolute atomic E-state index is 13.0. The Labute approximate surface area is 173 Å². The van der Waals surface area contributed by atoms with E-state index in [2.05, 4.69) is 53.6 Å². The molecule has 2 aromatic rings. The SMILES string of the molecule is CCCC(=O)Nc1ccc(N2CCc3ccccc3C2)c(C(=O)NCC(C)C)c1.